The minimum Gasteiger partial charge on any atom is -0.382 e. The van der Waals surface area contributed by atoms with Gasteiger partial charge in [-0.15, -0.1) is 0 Å². The molecular formula is C14H19N3O2. The molecule has 1 heterocycles. The summed E-state index contributed by atoms with van der Waals surface area (Å²) < 4.78 is 0. The second-order valence-corrected chi connectivity index (χ2v) is 5.70. The van der Waals surface area contributed by atoms with E-state index in [-0.39, 0.29) is 10.6 Å². The summed E-state index contributed by atoms with van der Waals surface area (Å²) in [6.07, 6.45) is 6.04. The molecule has 0 amide bonds. The van der Waals surface area contributed by atoms with Crippen LogP contribution in [0, 0.1) is 10.1 Å². The summed E-state index contributed by atoms with van der Waals surface area (Å²) in [5.41, 5.74) is 1.35. The van der Waals surface area contributed by atoms with Crippen LogP contribution < -0.4 is 10.6 Å². The van der Waals surface area contributed by atoms with E-state index in [2.05, 4.69) is 10.6 Å². The number of nitrogens with one attached hydrogen (secondary N) is 2. The Balaban J connectivity index is 1.67. The van der Waals surface area contributed by atoms with Crippen LogP contribution in [0.25, 0.3) is 0 Å². The molecule has 2 fully saturated rings. The molecule has 5 nitrogen and oxygen atoms in total. The highest BCUT2D eigenvalue weighted by atomic mass is 16.6. The van der Waals surface area contributed by atoms with Crippen molar-refractivity contribution in [2.75, 3.05) is 11.9 Å². The lowest BCUT2D eigenvalue weighted by Crippen LogP contribution is -2.58. The molecule has 2 aliphatic rings. The lowest BCUT2D eigenvalue weighted by Gasteiger charge is -2.48. The molecule has 1 saturated carbocycles. The van der Waals surface area contributed by atoms with E-state index in [4.69, 9.17) is 0 Å². The number of rotatable bonds is 3. The zero-order chi connectivity index (χ0) is 13.3. The third-order valence-electron chi connectivity index (χ3n) is 4.37. The molecule has 1 aliphatic carbocycles. The second-order valence-electron chi connectivity index (χ2n) is 5.70. The van der Waals surface area contributed by atoms with Crippen molar-refractivity contribution in [3.05, 3.63) is 34.4 Å². The van der Waals surface area contributed by atoms with E-state index in [1.807, 2.05) is 6.07 Å². The average Bonchev–Trinajstić information content (AvgIpc) is 2.37. The highest BCUT2D eigenvalue weighted by Crippen LogP contribution is 2.39. The molecule has 1 aliphatic heterocycles. The molecule has 0 aromatic heterocycles. The molecule has 1 unspecified atom stereocenters. The van der Waals surface area contributed by atoms with Crippen LogP contribution >= 0.6 is 0 Å². The van der Waals surface area contributed by atoms with Gasteiger partial charge in [0.15, 0.2) is 0 Å². The molecule has 0 bridgehead atoms. The molecule has 0 radical (unpaired) electrons. The average molecular weight is 261 g/mol. The molecule has 1 aromatic carbocycles. The van der Waals surface area contributed by atoms with Gasteiger partial charge in [-0.3, -0.25) is 10.1 Å². The van der Waals surface area contributed by atoms with Gasteiger partial charge in [-0.25, -0.2) is 0 Å². The number of nitrogens with zero attached hydrogens (tertiary/aromatic N) is 1. The Kier molecular flexibility index (Phi) is 3.14. The van der Waals surface area contributed by atoms with Crippen LogP contribution in [0.3, 0.4) is 0 Å². The van der Waals surface area contributed by atoms with Gasteiger partial charge in [0.25, 0.3) is 5.69 Å². The third-order valence-corrected chi connectivity index (χ3v) is 4.37. The fourth-order valence-electron chi connectivity index (χ4n) is 3.21. The van der Waals surface area contributed by atoms with Crippen LogP contribution in [0.1, 0.15) is 32.1 Å². The monoisotopic (exact) mass is 261 g/mol. The Hall–Kier alpha value is -1.62. The van der Waals surface area contributed by atoms with E-state index < -0.39 is 0 Å². The summed E-state index contributed by atoms with van der Waals surface area (Å²) in [6, 6.07) is 7.21. The smallest absolute Gasteiger partial charge is 0.271 e. The van der Waals surface area contributed by atoms with Crippen LogP contribution in [0.5, 0.6) is 0 Å². The first-order valence-corrected chi connectivity index (χ1v) is 6.93. The van der Waals surface area contributed by atoms with Gasteiger partial charge in [0.1, 0.15) is 0 Å². The number of non-ortho nitro benzene ring substituents is 1. The van der Waals surface area contributed by atoms with Crippen molar-refractivity contribution in [1.29, 1.82) is 0 Å². The van der Waals surface area contributed by atoms with E-state index in [0.717, 1.165) is 25.1 Å². The molecule has 1 aromatic rings. The van der Waals surface area contributed by atoms with Crippen LogP contribution in [-0.4, -0.2) is 23.0 Å². The van der Waals surface area contributed by atoms with Crippen LogP contribution in [0.15, 0.2) is 24.3 Å². The number of hydrogen-bond acceptors (Lipinski definition) is 4. The van der Waals surface area contributed by atoms with E-state index >= 15 is 0 Å². The van der Waals surface area contributed by atoms with Gasteiger partial charge in [0, 0.05) is 29.4 Å². The molecule has 5 heteroatoms. The molecule has 19 heavy (non-hydrogen) atoms. The minimum atomic E-state index is -0.346. The van der Waals surface area contributed by atoms with Gasteiger partial charge in [0.2, 0.25) is 0 Å². The highest BCUT2D eigenvalue weighted by Gasteiger charge is 2.40. The van der Waals surface area contributed by atoms with Crippen molar-refractivity contribution in [2.45, 2.75) is 43.7 Å². The maximum atomic E-state index is 10.8. The lowest BCUT2D eigenvalue weighted by molar-refractivity contribution is -0.384. The molecule has 1 spiro atoms. The zero-order valence-corrected chi connectivity index (χ0v) is 10.9. The first-order chi connectivity index (χ1) is 9.17. The molecule has 2 N–H and O–H groups in total. The van der Waals surface area contributed by atoms with Crippen molar-refractivity contribution in [2.24, 2.45) is 0 Å². The first kappa shape index (κ1) is 12.4. The molecule has 3 rings (SSSR count). The Bertz CT molecular complexity index is 485. The van der Waals surface area contributed by atoms with E-state index in [1.54, 1.807) is 12.1 Å². The number of nitro benzene ring substituents is 1. The molecule has 1 atom stereocenters. The predicted molar refractivity (Wildman–Crippen MR) is 74.3 cm³/mol. The number of nitro groups is 1. The summed E-state index contributed by atoms with van der Waals surface area (Å²) in [5.74, 6) is 0. The Morgan fingerprint density at radius 1 is 1.42 bits per heavy atom. The lowest BCUT2D eigenvalue weighted by atomic mass is 9.70. The summed E-state index contributed by atoms with van der Waals surface area (Å²) in [5, 5.41) is 17.9. The minimum absolute atomic E-state index is 0.150. The van der Waals surface area contributed by atoms with E-state index in [1.165, 1.54) is 25.3 Å². The Morgan fingerprint density at radius 2 is 2.26 bits per heavy atom. The predicted octanol–water partition coefficient (Wildman–Crippen LogP) is 2.68. The summed E-state index contributed by atoms with van der Waals surface area (Å²) in [7, 11) is 0. The fourth-order valence-corrected chi connectivity index (χ4v) is 3.21. The summed E-state index contributed by atoms with van der Waals surface area (Å²) in [6.45, 7) is 1.03. The van der Waals surface area contributed by atoms with Gasteiger partial charge in [-0.05, 0) is 44.7 Å². The van der Waals surface area contributed by atoms with Gasteiger partial charge in [-0.2, -0.15) is 0 Å². The summed E-state index contributed by atoms with van der Waals surface area (Å²) in [4.78, 5) is 10.4. The quantitative estimate of drug-likeness (QED) is 0.648. The number of anilines is 1. The van der Waals surface area contributed by atoms with Gasteiger partial charge in [-0.1, -0.05) is 6.07 Å². The molecule has 1 saturated heterocycles. The number of piperidine rings is 1. The first-order valence-electron chi connectivity index (χ1n) is 6.93. The van der Waals surface area contributed by atoms with E-state index in [0.29, 0.717) is 11.6 Å². The molecule has 102 valence electrons. The van der Waals surface area contributed by atoms with Gasteiger partial charge < -0.3 is 10.6 Å². The third kappa shape index (κ3) is 2.56. The number of benzene rings is 1. The van der Waals surface area contributed by atoms with E-state index in [9.17, 15) is 10.1 Å². The Morgan fingerprint density at radius 3 is 2.95 bits per heavy atom. The highest BCUT2D eigenvalue weighted by molar-refractivity contribution is 5.51. The fraction of sp³-hybridized carbons (Fsp3) is 0.571. The standard InChI is InChI=1S/C14H19N3O2/c18-17(19)13-4-1-3-11(9-13)16-12-5-8-15-14(10-12)6-2-7-14/h1,3-4,9,12,15-16H,2,5-8,10H2. The summed E-state index contributed by atoms with van der Waals surface area (Å²) >= 11 is 0. The zero-order valence-electron chi connectivity index (χ0n) is 10.9. The van der Waals surface area contributed by atoms with Gasteiger partial charge in [0.05, 0.1) is 4.92 Å². The SMILES string of the molecule is O=[N+]([O-])c1cccc(NC2CCNC3(CCC3)C2)c1. The topological polar surface area (TPSA) is 67.2 Å². The van der Waals surface area contributed by atoms with Crippen LogP contribution in [-0.2, 0) is 0 Å². The number of hydrogen-bond donors (Lipinski definition) is 2. The van der Waals surface area contributed by atoms with Crippen molar-refractivity contribution in [3.63, 3.8) is 0 Å². The van der Waals surface area contributed by atoms with Crippen LogP contribution in [0.4, 0.5) is 11.4 Å². The Labute approximate surface area is 112 Å². The van der Waals surface area contributed by atoms with Crippen molar-refractivity contribution in [1.82, 2.24) is 5.32 Å². The van der Waals surface area contributed by atoms with Crippen molar-refractivity contribution >= 4 is 11.4 Å². The van der Waals surface area contributed by atoms with Crippen molar-refractivity contribution in [3.8, 4) is 0 Å². The van der Waals surface area contributed by atoms with Gasteiger partial charge >= 0.3 is 0 Å². The maximum Gasteiger partial charge on any atom is 0.271 e. The normalized spacial score (nSPS) is 24.7. The largest absolute Gasteiger partial charge is 0.382 e. The second kappa shape index (κ2) is 4.81. The van der Waals surface area contributed by atoms with Crippen LogP contribution in [0.2, 0.25) is 0 Å². The van der Waals surface area contributed by atoms with Crippen molar-refractivity contribution < 1.29 is 4.92 Å². The molecular weight excluding hydrogens is 242 g/mol. The maximum absolute atomic E-state index is 10.8.